The van der Waals surface area contributed by atoms with Crippen molar-refractivity contribution in [3.05, 3.63) is 34.9 Å². The van der Waals surface area contributed by atoms with Crippen LogP contribution in [0.15, 0.2) is 24.3 Å². The fourth-order valence-electron chi connectivity index (χ4n) is 2.73. The van der Waals surface area contributed by atoms with Gasteiger partial charge in [0.1, 0.15) is 5.82 Å². The summed E-state index contributed by atoms with van der Waals surface area (Å²) in [7, 11) is 0. The van der Waals surface area contributed by atoms with Crippen molar-refractivity contribution in [2.45, 2.75) is 38.9 Å². The molecule has 0 atom stereocenters. The predicted molar refractivity (Wildman–Crippen MR) is 92.2 cm³/mol. The predicted octanol–water partition coefficient (Wildman–Crippen LogP) is 3.75. The summed E-state index contributed by atoms with van der Waals surface area (Å²) in [5, 5.41) is 13.4. The molecule has 1 fully saturated rings. The van der Waals surface area contributed by atoms with E-state index in [1.807, 2.05) is 17.6 Å². The van der Waals surface area contributed by atoms with E-state index in [4.69, 9.17) is 17.5 Å². The maximum Gasteiger partial charge on any atom is 0.199 e. The number of rotatable bonds is 7. The van der Waals surface area contributed by atoms with Crippen molar-refractivity contribution in [2.75, 3.05) is 13.1 Å². The van der Waals surface area contributed by atoms with Gasteiger partial charge in [-0.05, 0) is 43.7 Å². The Morgan fingerprint density at radius 2 is 2.17 bits per heavy atom. The van der Waals surface area contributed by atoms with Crippen molar-refractivity contribution in [3.63, 3.8) is 0 Å². The van der Waals surface area contributed by atoms with Crippen LogP contribution in [0.25, 0.3) is 11.4 Å². The van der Waals surface area contributed by atoms with Crippen LogP contribution in [-0.2, 0) is 6.67 Å². The Bertz CT molecular complexity index is 815. The molecule has 1 aliphatic carbocycles. The van der Waals surface area contributed by atoms with Crippen LogP contribution in [0, 0.1) is 21.9 Å². The highest BCUT2D eigenvalue weighted by Crippen LogP contribution is 2.38. The zero-order valence-electron chi connectivity index (χ0n) is 13.7. The lowest BCUT2D eigenvalue weighted by molar-refractivity contribution is 0.220. The number of benzene rings is 1. The maximum atomic E-state index is 14.2. The Balaban J connectivity index is 1.98. The lowest BCUT2D eigenvalue weighted by atomic mass is 10.2. The van der Waals surface area contributed by atoms with Gasteiger partial charge in [-0.3, -0.25) is 9.47 Å². The third-order valence-electron chi connectivity index (χ3n) is 4.22. The molecule has 0 saturated heterocycles. The maximum absolute atomic E-state index is 14.2. The van der Waals surface area contributed by atoms with Gasteiger partial charge in [0, 0.05) is 19.0 Å². The summed E-state index contributed by atoms with van der Waals surface area (Å²) in [4.78, 5) is 2.11. The first-order valence-corrected chi connectivity index (χ1v) is 8.60. The van der Waals surface area contributed by atoms with E-state index in [0.29, 0.717) is 41.8 Å². The van der Waals surface area contributed by atoms with E-state index in [9.17, 15) is 4.39 Å². The van der Waals surface area contributed by atoms with Gasteiger partial charge in [-0.1, -0.05) is 19.1 Å². The first-order chi connectivity index (χ1) is 11.7. The number of nitriles is 1. The monoisotopic (exact) mass is 345 g/mol. The van der Waals surface area contributed by atoms with E-state index in [1.165, 1.54) is 6.07 Å². The Kier molecular flexibility index (Phi) is 5.07. The van der Waals surface area contributed by atoms with Crippen LogP contribution >= 0.6 is 12.2 Å². The first kappa shape index (κ1) is 16.8. The standard InChI is InChI=1S/C17H20FN5S/c1-2-21(11-5-10-19)12-22-17(24)23(13-8-9-13)16(20-22)14-6-3-4-7-15(14)18/h3-4,6-7,13H,2,5,8-9,11-12H2,1H3. The van der Waals surface area contributed by atoms with Crippen LogP contribution in [0.2, 0.25) is 0 Å². The van der Waals surface area contributed by atoms with E-state index in [0.717, 1.165) is 19.4 Å². The number of hydrogen-bond acceptors (Lipinski definition) is 4. The summed E-state index contributed by atoms with van der Waals surface area (Å²) in [6.07, 6.45) is 2.56. The van der Waals surface area contributed by atoms with Crippen LogP contribution in [-0.4, -0.2) is 32.3 Å². The molecule has 1 aromatic heterocycles. The zero-order valence-corrected chi connectivity index (χ0v) is 14.5. The molecule has 1 heterocycles. The molecule has 0 radical (unpaired) electrons. The van der Waals surface area contributed by atoms with Gasteiger partial charge in [0.05, 0.1) is 18.3 Å². The second-order valence-electron chi connectivity index (χ2n) is 5.95. The van der Waals surface area contributed by atoms with E-state index in [2.05, 4.69) is 16.1 Å². The van der Waals surface area contributed by atoms with Gasteiger partial charge >= 0.3 is 0 Å². The van der Waals surface area contributed by atoms with Gasteiger partial charge in [0.25, 0.3) is 0 Å². The molecule has 1 aliphatic rings. The molecule has 0 N–H and O–H groups in total. The largest absolute Gasteiger partial charge is 0.297 e. The van der Waals surface area contributed by atoms with E-state index < -0.39 is 0 Å². The summed E-state index contributed by atoms with van der Waals surface area (Å²) in [5.74, 6) is 0.306. The van der Waals surface area contributed by atoms with Crippen molar-refractivity contribution in [1.29, 1.82) is 5.26 Å². The molecule has 0 aliphatic heterocycles. The number of nitrogens with zero attached hydrogens (tertiary/aromatic N) is 5. The molecule has 1 aromatic carbocycles. The van der Waals surface area contributed by atoms with Crippen molar-refractivity contribution >= 4 is 12.2 Å². The van der Waals surface area contributed by atoms with Gasteiger partial charge in [-0.2, -0.15) is 10.4 Å². The Morgan fingerprint density at radius 1 is 1.42 bits per heavy atom. The molecule has 0 unspecified atom stereocenters. The van der Waals surface area contributed by atoms with E-state index in [-0.39, 0.29) is 5.82 Å². The van der Waals surface area contributed by atoms with Gasteiger partial charge in [-0.15, -0.1) is 0 Å². The van der Waals surface area contributed by atoms with Gasteiger partial charge < -0.3 is 0 Å². The average Bonchev–Trinajstić information content (AvgIpc) is 3.37. The van der Waals surface area contributed by atoms with E-state index >= 15 is 0 Å². The summed E-state index contributed by atoms with van der Waals surface area (Å²) in [5.41, 5.74) is 0.481. The molecular formula is C17H20FN5S. The number of aromatic nitrogens is 3. The smallest absolute Gasteiger partial charge is 0.199 e. The summed E-state index contributed by atoms with van der Waals surface area (Å²) in [6, 6.07) is 9.14. The zero-order chi connectivity index (χ0) is 17.1. The highest BCUT2D eigenvalue weighted by Gasteiger charge is 2.30. The first-order valence-electron chi connectivity index (χ1n) is 8.19. The number of hydrogen-bond donors (Lipinski definition) is 0. The molecular weight excluding hydrogens is 325 g/mol. The second kappa shape index (κ2) is 7.24. The van der Waals surface area contributed by atoms with Crippen LogP contribution < -0.4 is 0 Å². The molecule has 1 saturated carbocycles. The molecule has 24 heavy (non-hydrogen) atoms. The van der Waals surface area contributed by atoms with E-state index in [1.54, 1.807) is 16.8 Å². The van der Waals surface area contributed by atoms with Gasteiger partial charge in [0.15, 0.2) is 10.6 Å². The van der Waals surface area contributed by atoms with Gasteiger partial charge in [0.2, 0.25) is 0 Å². The highest BCUT2D eigenvalue weighted by atomic mass is 32.1. The van der Waals surface area contributed by atoms with Gasteiger partial charge in [-0.25, -0.2) is 9.07 Å². The van der Waals surface area contributed by atoms with Crippen molar-refractivity contribution in [1.82, 2.24) is 19.2 Å². The molecule has 3 rings (SSSR count). The van der Waals surface area contributed by atoms with Crippen molar-refractivity contribution < 1.29 is 4.39 Å². The molecule has 2 aromatic rings. The van der Waals surface area contributed by atoms with Crippen LogP contribution in [0.5, 0.6) is 0 Å². The summed E-state index contributed by atoms with van der Waals surface area (Å²) < 4.78 is 18.6. The molecule has 5 nitrogen and oxygen atoms in total. The Labute approximate surface area is 145 Å². The average molecular weight is 345 g/mol. The summed E-state index contributed by atoms with van der Waals surface area (Å²) >= 11 is 5.60. The minimum absolute atomic E-state index is 0.289. The lowest BCUT2D eigenvalue weighted by Crippen LogP contribution is -2.28. The third kappa shape index (κ3) is 3.40. The molecule has 0 amide bonds. The second-order valence-corrected chi connectivity index (χ2v) is 6.31. The lowest BCUT2D eigenvalue weighted by Gasteiger charge is -2.18. The van der Waals surface area contributed by atoms with Crippen molar-refractivity contribution in [2.24, 2.45) is 0 Å². The Morgan fingerprint density at radius 3 is 2.79 bits per heavy atom. The molecule has 0 spiro atoms. The molecule has 0 bridgehead atoms. The fourth-order valence-corrected chi connectivity index (χ4v) is 3.06. The molecule has 126 valence electrons. The topological polar surface area (TPSA) is 49.8 Å². The minimum atomic E-state index is -0.289. The fraction of sp³-hybridized carbons (Fsp3) is 0.471. The number of halogens is 1. The molecule has 7 heteroatoms. The van der Waals surface area contributed by atoms with Crippen LogP contribution in [0.4, 0.5) is 4.39 Å². The van der Waals surface area contributed by atoms with Crippen molar-refractivity contribution in [3.8, 4) is 17.5 Å². The Hall–Kier alpha value is -2.04. The minimum Gasteiger partial charge on any atom is -0.297 e. The van der Waals surface area contributed by atoms with Crippen LogP contribution in [0.1, 0.15) is 32.2 Å². The quantitative estimate of drug-likeness (QED) is 0.717. The van der Waals surface area contributed by atoms with Crippen LogP contribution in [0.3, 0.4) is 0 Å². The SMILES string of the molecule is CCN(CCC#N)Cn1nc(-c2ccccc2F)n(C2CC2)c1=S. The normalized spacial score (nSPS) is 14.1. The third-order valence-corrected chi connectivity index (χ3v) is 4.63. The summed E-state index contributed by atoms with van der Waals surface area (Å²) in [6.45, 7) is 4.02. The highest BCUT2D eigenvalue weighted by molar-refractivity contribution is 7.71.